The second-order valence-corrected chi connectivity index (χ2v) is 4.24. The predicted octanol–water partition coefficient (Wildman–Crippen LogP) is 2.47. The first-order valence-corrected chi connectivity index (χ1v) is 5.91. The smallest absolute Gasteiger partial charge is 0.341 e. The normalized spacial score (nSPS) is 11.2. The van der Waals surface area contributed by atoms with Gasteiger partial charge in [-0.3, -0.25) is 4.79 Å². The molecule has 1 N–H and O–H groups in total. The minimum absolute atomic E-state index is 0.1000. The molecule has 0 unspecified atom stereocenters. The van der Waals surface area contributed by atoms with Crippen LogP contribution in [0.5, 0.6) is 0 Å². The average Bonchev–Trinajstić information content (AvgIpc) is 2.79. The second kappa shape index (κ2) is 3.98. The van der Waals surface area contributed by atoms with Crippen LogP contribution in [0.3, 0.4) is 0 Å². The van der Waals surface area contributed by atoms with Crippen LogP contribution in [0.2, 0.25) is 0 Å². The number of carboxylic acid groups (broad SMARTS) is 1. The summed E-state index contributed by atoms with van der Waals surface area (Å²) >= 11 is 0. The number of pyridine rings is 1. The minimum Gasteiger partial charge on any atom is -0.477 e. The zero-order valence-electron chi connectivity index (χ0n) is 10.2. The lowest BCUT2D eigenvalue weighted by molar-refractivity contribution is 0.0694. The quantitative estimate of drug-likeness (QED) is 0.765. The van der Waals surface area contributed by atoms with Crippen LogP contribution in [0.15, 0.2) is 39.7 Å². The highest BCUT2D eigenvalue weighted by atomic mass is 16.4. The number of fused-ring (bicyclic) bond motifs is 3. The Labute approximate surface area is 107 Å². The standard InChI is InChI=1S/C14H11NO4/c1-2-15-7-9(14(17)18)12(16)13-11(15)8-5-3-4-6-10(8)19-13/h3-7H,2H2,1H3,(H,17,18). The number of aryl methyl sites for hydroxylation is 1. The van der Waals surface area contributed by atoms with E-state index in [1.165, 1.54) is 6.20 Å². The van der Waals surface area contributed by atoms with Gasteiger partial charge in [-0.1, -0.05) is 12.1 Å². The lowest BCUT2D eigenvalue weighted by atomic mass is 10.2. The molecule has 0 fully saturated rings. The summed E-state index contributed by atoms with van der Waals surface area (Å²) in [5, 5.41) is 9.88. The monoisotopic (exact) mass is 257 g/mol. The van der Waals surface area contributed by atoms with Crippen LogP contribution in [-0.2, 0) is 6.54 Å². The molecule has 0 saturated carbocycles. The number of carboxylic acids is 1. The van der Waals surface area contributed by atoms with Crippen LogP contribution in [-0.4, -0.2) is 15.6 Å². The van der Waals surface area contributed by atoms with Crippen molar-refractivity contribution in [3.63, 3.8) is 0 Å². The first kappa shape index (κ1) is 11.5. The van der Waals surface area contributed by atoms with Gasteiger partial charge < -0.3 is 14.1 Å². The third-order valence-corrected chi connectivity index (χ3v) is 3.16. The van der Waals surface area contributed by atoms with E-state index >= 15 is 0 Å². The topological polar surface area (TPSA) is 72.4 Å². The van der Waals surface area contributed by atoms with Crippen molar-refractivity contribution in [2.45, 2.75) is 13.5 Å². The molecule has 3 rings (SSSR count). The number of nitrogens with zero attached hydrogens (tertiary/aromatic N) is 1. The van der Waals surface area contributed by atoms with Crippen LogP contribution in [0, 0.1) is 0 Å². The fourth-order valence-corrected chi connectivity index (χ4v) is 2.27. The Morgan fingerprint density at radius 2 is 2.11 bits per heavy atom. The van der Waals surface area contributed by atoms with E-state index < -0.39 is 11.4 Å². The fraction of sp³-hybridized carbons (Fsp3) is 0.143. The summed E-state index contributed by atoms with van der Waals surface area (Å²) in [5.41, 5.74) is 0.479. The van der Waals surface area contributed by atoms with Crippen molar-refractivity contribution in [1.82, 2.24) is 4.57 Å². The van der Waals surface area contributed by atoms with Gasteiger partial charge in [0.05, 0.1) is 5.52 Å². The van der Waals surface area contributed by atoms with E-state index in [0.717, 1.165) is 5.39 Å². The molecule has 5 heteroatoms. The summed E-state index contributed by atoms with van der Waals surface area (Å²) in [7, 11) is 0. The SMILES string of the molecule is CCn1cc(C(=O)O)c(=O)c2oc3ccccc3c21. The van der Waals surface area contributed by atoms with Crippen molar-refractivity contribution < 1.29 is 14.3 Å². The summed E-state index contributed by atoms with van der Waals surface area (Å²) in [5.74, 6) is -1.24. The third kappa shape index (κ3) is 1.55. The Morgan fingerprint density at radius 3 is 2.79 bits per heavy atom. The van der Waals surface area contributed by atoms with Crippen molar-refractivity contribution >= 4 is 28.0 Å². The molecule has 0 atom stereocenters. The van der Waals surface area contributed by atoms with E-state index in [4.69, 9.17) is 9.52 Å². The molecule has 3 aromatic rings. The largest absolute Gasteiger partial charge is 0.477 e. The van der Waals surface area contributed by atoms with Crippen molar-refractivity contribution in [3.8, 4) is 0 Å². The molecule has 0 aliphatic carbocycles. The molecule has 2 heterocycles. The molecule has 5 nitrogen and oxygen atoms in total. The maximum atomic E-state index is 12.1. The number of benzene rings is 1. The number of para-hydroxylation sites is 1. The number of hydrogen-bond donors (Lipinski definition) is 1. The van der Waals surface area contributed by atoms with Crippen molar-refractivity contribution in [2.24, 2.45) is 0 Å². The third-order valence-electron chi connectivity index (χ3n) is 3.16. The maximum Gasteiger partial charge on any atom is 0.341 e. The summed E-state index contributed by atoms with van der Waals surface area (Å²) in [6, 6.07) is 7.28. The number of aromatic carboxylic acids is 1. The fourth-order valence-electron chi connectivity index (χ4n) is 2.27. The lowest BCUT2D eigenvalue weighted by Crippen LogP contribution is -2.17. The Morgan fingerprint density at radius 1 is 1.37 bits per heavy atom. The van der Waals surface area contributed by atoms with Gasteiger partial charge in [0.2, 0.25) is 5.43 Å². The van der Waals surface area contributed by atoms with Gasteiger partial charge in [-0.2, -0.15) is 0 Å². The number of rotatable bonds is 2. The van der Waals surface area contributed by atoms with E-state index in [1.807, 2.05) is 25.1 Å². The highest BCUT2D eigenvalue weighted by Gasteiger charge is 2.19. The van der Waals surface area contributed by atoms with Crippen LogP contribution < -0.4 is 5.43 Å². The van der Waals surface area contributed by atoms with Gasteiger partial charge in [0.1, 0.15) is 11.1 Å². The van der Waals surface area contributed by atoms with Crippen LogP contribution >= 0.6 is 0 Å². The van der Waals surface area contributed by atoms with Crippen molar-refractivity contribution in [1.29, 1.82) is 0 Å². The average molecular weight is 257 g/mol. The molecule has 0 bridgehead atoms. The van der Waals surface area contributed by atoms with Crippen LogP contribution in [0.1, 0.15) is 17.3 Å². The van der Waals surface area contributed by atoms with Gasteiger partial charge in [-0.25, -0.2) is 4.79 Å². The van der Waals surface area contributed by atoms with E-state index in [2.05, 4.69) is 0 Å². The number of hydrogen-bond acceptors (Lipinski definition) is 3. The molecular weight excluding hydrogens is 246 g/mol. The molecule has 2 aromatic heterocycles. The van der Waals surface area contributed by atoms with Crippen molar-refractivity contribution in [3.05, 3.63) is 46.2 Å². The summed E-state index contributed by atoms with van der Waals surface area (Å²) < 4.78 is 7.25. The Kier molecular flexibility index (Phi) is 2.41. The highest BCUT2D eigenvalue weighted by molar-refractivity contribution is 6.04. The van der Waals surface area contributed by atoms with Gasteiger partial charge in [-0.15, -0.1) is 0 Å². The summed E-state index contributed by atoms with van der Waals surface area (Å²) in [4.78, 5) is 23.2. The molecular formula is C14H11NO4. The Balaban J connectivity index is 2.59. The Hall–Kier alpha value is -2.56. The Bertz CT molecular complexity index is 857. The van der Waals surface area contributed by atoms with Gasteiger partial charge in [0.15, 0.2) is 5.58 Å². The first-order chi connectivity index (χ1) is 9.13. The zero-order chi connectivity index (χ0) is 13.6. The molecule has 0 aliphatic rings. The molecule has 0 aliphatic heterocycles. The molecule has 0 amide bonds. The summed E-state index contributed by atoms with van der Waals surface area (Å²) in [6.45, 7) is 2.44. The maximum absolute atomic E-state index is 12.1. The number of furan rings is 1. The predicted molar refractivity (Wildman–Crippen MR) is 70.6 cm³/mol. The van der Waals surface area contributed by atoms with Crippen molar-refractivity contribution in [2.75, 3.05) is 0 Å². The molecule has 96 valence electrons. The van der Waals surface area contributed by atoms with E-state index in [9.17, 15) is 9.59 Å². The molecule has 19 heavy (non-hydrogen) atoms. The molecule has 0 spiro atoms. The second-order valence-electron chi connectivity index (χ2n) is 4.24. The summed E-state index contributed by atoms with van der Waals surface area (Å²) in [6.07, 6.45) is 1.37. The molecule has 1 aromatic carbocycles. The van der Waals surface area contributed by atoms with Gasteiger partial charge in [-0.05, 0) is 19.1 Å². The van der Waals surface area contributed by atoms with Crippen LogP contribution in [0.25, 0.3) is 22.1 Å². The zero-order valence-corrected chi connectivity index (χ0v) is 10.2. The van der Waals surface area contributed by atoms with Gasteiger partial charge in [0.25, 0.3) is 0 Å². The molecule has 0 radical (unpaired) electrons. The van der Waals surface area contributed by atoms with Gasteiger partial charge in [0, 0.05) is 18.1 Å². The lowest BCUT2D eigenvalue weighted by Gasteiger charge is -2.06. The highest BCUT2D eigenvalue weighted by Crippen LogP contribution is 2.26. The first-order valence-electron chi connectivity index (χ1n) is 5.91. The van der Waals surface area contributed by atoms with E-state index in [-0.39, 0.29) is 11.1 Å². The van der Waals surface area contributed by atoms with Crippen LogP contribution in [0.4, 0.5) is 0 Å². The van der Waals surface area contributed by atoms with E-state index in [1.54, 1.807) is 10.6 Å². The van der Waals surface area contributed by atoms with E-state index in [0.29, 0.717) is 17.6 Å². The number of aromatic nitrogens is 1. The minimum atomic E-state index is -1.24. The molecule has 0 saturated heterocycles. The number of carbonyl (C=O) groups is 1. The van der Waals surface area contributed by atoms with Gasteiger partial charge >= 0.3 is 5.97 Å².